The van der Waals surface area contributed by atoms with Crippen LogP contribution in [0.1, 0.15) is 33.1 Å². The van der Waals surface area contributed by atoms with Gasteiger partial charge >= 0.3 is 0 Å². The summed E-state index contributed by atoms with van der Waals surface area (Å²) in [5, 5.41) is 0. The Morgan fingerprint density at radius 1 is 1.55 bits per heavy atom. The molecule has 0 aliphatic heterocycles. The minimum atomic E-state index is 0.335. The van der Waals surface area contributed by atoms with E-state index in [1.54, 1.807) is 0 Å². The minimum absolute atomic E-state index is 0.335. The monoisotopic (exact) mass is 156 g/mol. The molecule has 1 fully saturated rings. The van der Waals surface area contributed by atoms with Crippen molar-refractivity contribution in [3.05, 3.63) is 0 Å². The van der Waals surface area contributed by atoms with Gasteiger partial charge in [-0.15, -0.1) is 0 Å². The Bertz CT molecular complexity index is 108. The molecular formula is C9H20N2. The summed E-state index contributed by atoms with van der Waals surface area (Å²) in [6, 6.07) is 1.21. The smallest absolute Gasteiger partial charge is 0.0139 e. The van der Waals surface area contributed by atoms with Gasteiger partial charge in [0.25, 0.3) is 0 Å². The van der Waals surface area contributed by atoms with Crippen molar-refractivity contribution in [1.29, 1.82) is 0 Å². The van der Waals surface area contributed by atoms with Crippen LogP contribution in [0, 0.1) is 0 Å². The van der Waals surface area contributed by atoms with Crippen LogP contribution in [0.5, 0.6) is 0 Å². The minimum Gasteiger partial charge on any atom is -0.327 e. The first-order chi connectivity index (χ1) is 5.24. The second-order valence-electron chi connectivity index (χ2n) is 3.70. The first-order valence-electron chi connectivity index (χ1n) is 4.73. The van der Waals surface area contributed by atoms with Gasteiger partial charge in [0.05, 0.1) is 0 Å². The lowest BCUT2D eigenvalue weighted by molar-refractivity contribution is 0.251. The molecule has 0 saturated heterocycles. The molecule has 0 aromatic carbocycles. The molecule has 0 heterocycles. The summed E-state index contributed by atoms with van der Waals surface area (Å²) >= 11 is 0. The number of hydrogen-bond acceptors (Lipinski definition) is 2. The molecule has 1 unspecified atom stereocenters. The fraction of sp³-hybridized carbons (Fsp3) is 1.00. The van der Waals surface area contributed by atoms with Crippen molar-refractivity contribution in [2.24, 2.45) is 5.73 Å². The Balaban J connectivity index is 2.20. The van der Waals surface area contributed by atoms with Crippen LogP contribution in [0.15, 0.2) is 0 Å². The van der Waals surface area contributed by atoms with E-state index in [1.165, 1.54) is 25.8 Å². The maximum absolute atomic E-state index is 5.75. The van der Waals surface area contributed by atoms with Gasteiger partial charge in [-0.25, -0.2) is 0 Å². The zero-order valence-electron chi connectivity index (χ0n) is 7.71. The van der Waals surface area contributed by atoms with Gasteiger partial charge < -0.3 is 5.73 Å². The highest BCUT2D eigenvalue weighted by Gasteiger charge is 2.28. The first kappa shape index (κ1) is 9.01. The summed E-state index contributed by atoms with van der Waals surface area (Å²) in [5.74, 6) is 0. The molecular weight excluding hydrogens is 136 g/mol. The summed E-state index contributed by atoms with van der Waals surface area (Å²) in [7, 11) is 0. The SMILES string of the molecule is CCCN(CC(C)N)C1CC1. The van der Waals surface area contributed by atoms with Crippen molar-refractivity contribution >= 4 is 0 Å². The maximum Gasteiger partial charge on any atom is 0.0139 e. The van der Waals surface area contributed by atoms with Crippen molar-refractivity contribution < 1.29 is 0 Å². The molecule has 0 bridgehead atoms. The summed E-state index contributed by atoms with van der Waals surface area (Å²) in [6.07, 6.45) is 4.04. The van der Waals surface area contributed by atoms with Crippen LogP contribution in [-0.2, 0) is 0 Å². The Morgan fingerprint density at radius 2 is 2.18 bits per heavy atom. The van der Waals surface area contributed by atoms with Crippen molar-refractivity contribution in [2.75, 3.05) is 13.1 Å². The first-order valence-corrected chi connectivity index (χ1v) is 4.73. The second kappa shape index (κ2) is 4.07. The fourth-order valence-corrected chi connectivity index (χ4v) is 1.52. The predicted molar refractivity (Wildman–Crippen MR) is 48.5 cm³/mol. The van der Waals surface area contributed by atoms with Gasteiger partial charge in [-0.3, -0.25) is 4.90 Å². The quantitative estimate of drug-likeness (QED) is 0.648. The number of nitrogens with two attached hydrogens (primary N) is 1. The molecule has 1 saturated carbocycles. The summed E-state index contributed by atoms with van der Waals surface area (Å²) in [5.41, 5.74) is 5.75. The number of hydrogen-bond donors (Lipinski definition) is 1. The van der Waals surface area contributed by atoms with E-state index in [2.05, 4.69) is 18.7 Å². The average molecular weight is 156 g/mol. The predicted octanol–water partition coefficient (Wildman–Crippen LogP) is 1.21. The van der Waals surface area contributed by atoms with E-state index in [0.29, 0.717) is 6.04 Å². The third-order valence-electron chi connectivity index (χ3n) is 2.10. The Labute approximate surface area is 69.8 Å². The van der Waals surface area contributed by atoms with Crippen LogP contribution in [0.2, 0.25) is 0 Å². The molecule has 0 radical (unpaired) electrons. The van der Waals surface area contributed by atoms with Crippen LogP contribution in [-0.4, -0.2) is 30.1 Å². The molecule has 0 aromatic rings. The maximum atomic E-state index is 5.75. The molecule has 1 aliphatic carbocycles. The lowest BCUT2D eigenvalue weighted by Gasteiger charge is -2.22. The van der Waals surface area contributed by atoms with Crippen LogP contribution in [0.3, 0.4) is 0 Å². The molecule has 2 nitrogen and oxygen atoms in total. The van der Waals surface area contributed by atoms with E-state index in [4.69, 9.17) is 5.73 Å². The van der Waals surface area contributed by atoms with Gasteiger partial charge in [-0.05, 0) is 32.7 Å². The lowest BCUT2D eigenvalue weighted by atomic mass is 10.3. The highest BCUT2D eigenvalue weighted by Crippen LogP contribution is 2.26. The molecule has 66 valence electrons. The third kappa shape index (κ3) is 3.21. The van der Waals surface area contributed by atoms with Gasteiger partial charge in [0.1, 0.15) is 0 Å². The Morgan fingerprint density at radius 3 is 2.55 bits per heavy atom. The van der Waals surface area contributed by atoms with E-state index in [9.17, 15) is 0 Å². The van der Waals surface area contributed by atoms with Gasteiger partial charge in [-0.1, -0.05) is 6.92 Å². The molecule has 11 heavy (non-hydrogen) atoms. The molecule has 1 aliphatic rings. The Hall–Kier alpha value is -0.0800. The lowest BCUT2D eigenvalue weighted by Crippen LogP contribution is -2.37. The molecule has 1 atom stereocenters. The van der Waals surface area contributed by atoms with E-state index < -0.39 is 0 Å². The third-order valence-corrected chi connectivity index (χ3v) is 2.10. The van der Waals surface area contributed by atoms with Crippen molar-refractivity contribution in [3.8, 4) is 0 Å². The van der Waals surface area contributed by atoms with Crippen molar-refractivity contribution in [3.63, 3.8) is 0 Å². The van der Waals surface area contributed by atoms with E-state index in [-0.39, 0.29) is 0 Å². The largest absolute Gasteiger partial charge is 0.327 e. The van der Waals surface area contributed by atoms with Crippen molar-refractivity contribution in [2.45, 2.75) is 45.2 Å². The number of rotatable bonds is 5. The molecule has 0 amide bonds. The average Bonchev–Trinajstić information content (AvgIpc) is 2.66. The molecule has 1 rings (SSSR count). The zero-order valence-corrected chi connectivity index (χ0v) is 7.71. The molecule has 0 spiro atoms. The van der Waals surface area contributed by atoms with Crippen molar-refractivity contribution in [1.82, 2.24) is 4.90 Å². The van der Waals surface area contributed by atoms with Gasteiger partial charge in [0, 0.05) is 18.6 Å². The normalized spacial score (nSPS) is 20.7. The zero-order chi connectivity index (χ0) is 8.27. The number of nitrogens with zero attached hydrogens (tertiary/aromatic N) is 1. The van der Waals surface area contributed by atoms with Gasteiger partial charge in [0.2, 0.25) is 0 Å². The van der Waals surface area contributed by atoms with E-state index in [1.807, 2.05) is 0 Å². The molecule has 2 heteroatoms. The van der Waals surface area contributed by atoms with E-state index >= 15 is 0 Å². The second-order valence-corrected chi connectivity index (χ2v) is 3.70. The van der Waals surface area contributed by atoms with Crippen LogP contribution in [0.25, 0.3) is 0 Å². The molecule has 0 aromatic heterocycles. The Kier molecular flexibility index (Phi) is 3.34. The summed E-state index contributed by atoms with van der Waals surface area (Å²) < 4.78 is 0. The van der Waals surface area contributed by atoms with E-state index in [0.717, 1.165) is 12.6 Å². The fourth-order valence-electron chi connectivity index (χ4n) is 1.52. The topological polar surface area (TPSA) is 29.3 Å². The van der Waals surface area contributed by atoms with Crippen LogP contribution < -0.4 is 5.73 Å². The summed E-state index contributed by atoms with van der Waals surface area (Å²) in [4.78, 5) is 2.53. The van der Waals surface area contributed by atoms with Gasteiger partial charge in [-0.2, -0.15) is 0 Å². The standard InChI is InChI=1S/C9H20N2/c1-3-6-11(7-8(2)10)9-4-5-9/h8-9H,3-7,10H2,1-2H3. The van der Waals surface area contributed by atoms with Crippen LogP contribution >= 0.6 is 0 Å². The molecule has 2 N–H and O–H groups in total. The highest BCUT2D eigenvalue weighted by atomic mass is 15.2. The van der Waals surface area contributed by atoms with Crippen LogP contribution in [0.4, 0.5) is 0 Å². The van der Waals surface area contributed by atoms with Gasteiger partial charge in [0.15, 0.2) is 0 Å². The highest BCUT2D eigenvalue weighted by molar-refractivity contribution is 4.85. The summed E-state index contributed by atoms with van der Waals surface area (Å²) in [6.45, 7) is 6.63.